The third-order valence-electron chi connectivity index (χ3n) is 7.01. The predicted octanol–water partition coefficient (Wildman–Crippen LogP) is 3.91. The Labute approximate surface area is 189 Å². The monoisotopic (exact) mass is 451 g/mol. The van der Waals surface area contributed by atoms with E-state index in [4.69, 9.17) is 9.47 Å². The molecule has 6 rings (SSSR count). The number of benzene rings is 1. The van der Waals surface area contributed by atoms with Gasteiger partial charge in [-0.15, -0.1) is 11.3 Å². The van der Waals surface area contributed by atoms with Crippen LogP contribution in [0.1, 0.15) is 48.7 Å². The average Bonchev–Trinajstić information content (AvgIpc) is 3.56. The number of hydrogen-bond acceptors (Lipinski definition) is 5. The molecule has 0 spiro atoms. The van der Waals surface area contributed by atoms with Crippen molar-refractivity contribution in [2.75, 3.05) is 6.79 Å². The van der Waals surface area contributed by atoms with Crippen LogP contribution < -0.4 is 14.8 Å². The van der Waals surface area contributed by atoms with Gasteiger partial charge in [0, 0.05) is 12.6 Å². The zero-order chi connectivity index (χ0) is 21.9. The van der Waals surface area contributed by atoms with Gasteiger partial charge in [-0.2, -0.15) is 0 Å². The van der Waals surface area contributed by atoms with E-state index in [0.717, 1.165) is 41.5 Å². The lowest BCUT2D eigenvalue weighted by atomic mass is 9.93. The number of thiophene rings is 1. The van der Waals surface area contributed by atoms with Gasteiger partial charge in [-0.3, -0.25) is 9.59 Å². The van der Waals surface area contributed by atoms with Crippen molar-refractivity contribution in [2.24, 2.45) is 0 Å². The highest BCUT2D eigenvalue weighted by Gasteiger charge is 2.48. The highest BCUT2D eigenvalue weighted by Crippen LogP contribution is 2.37. The Balaban J connectivity index is 1.39. The Bertz CT molecular complexity index is 1230. The van der Waals surface area contributed by atoms with Gasteiger partial charge < -0.3 is 24.3 Å². The third-order valence-corrected chi connectivity index (χ3v) is 7.86. The molecule has 0 unspecified atom stereocenters. The Morgan fingerprint density at radius 1 is 1.19 bits per heavy atom. The summed E-state index contributed by atoms with van der Waals surface area (Å²) < 4.78 is 14.0. The van der Waals surface area contributed by atoms with Crippen molar-refractivity contribution in [2.45, 2.75) is 57.3 Å². The third kappa shape index (κ3) is 3.00. The maximum Gasteiger partial charge on any atom is 0.271 e. The van der Waals surface area contributed by atoms with E-state index in [1.54, 1.807) is 16.2 Å². The Kier molecular flexibility index (Phi) is 4.47. The number of aromatic nitrogens is 1. The fourth-order valence-corrected chi connectivity index (χ4v) is 5.98. The first-order valence-electron chi connectivity index (χ1n) is 11.1. The van der Waals surface area contributed by atoms with Crippen molar-refractivity contribution in [3.8, 4) is 11.5 Å². The average molecular weight is 452 g/mol. The zero-order valence-electron chi connectivity index (χ0n) is 17.9. The van der Waals surface area contributed by atoms with Crippen LogP contribution in [0.4, 0.5) is 0 Å². The number of nitrogens with one attached hydrogen (secondary N) is 1. The smallest absolute Gasteiger partial charge is 0.271 e. The fraction of sp³-hybridized carbons (Fsp3) is 0.417. The molecule has 1 saturated carbocycles. The molecule has 1 fully saturated rings. The van der Waals surface area contributed by atoms with Crippen LogP contribution in [-0.2, 0) is 17.9 Å². The summed E-state index contributed by atoms with van der Waals surface area (Å²) in [4.78, 5) is 29.1. The summed E-state index contributed by atoms with van der Waals surface area (Å²) >= 11 is 1.61. The second kappa shape index (κ2) is 7.27. The minimum atomic E-state index is -1.00. The first-order valence-corrected chi connectivity index (χ1v) is 12.0. The number of hydrogen-bond donors (Lipinski definition) is 1. The summed E-state index contributed by atoms with van der Waals surface area (Å²) in [7, 11) is 0. The van der Waals surface area contributed by atoms with Crippen LogP contribution in [0.15, 0.2) is 35.7 Å². The van der Waals surface area contributed by atoms with Crippen molar-refractivity contribution in [3.05, 3.63) is 47.0 Å². The van der Waals surface area contributed by atoms with Crippen molar-refractivity contribution in [1.29, 1.82) is 0 Å². The first kappa shape index (κ1) is 19.7. The van der Waals surface area contributed by atoms with Crippen LogP contribution in [0, 0.1) is 0 Å². The first-order chi connectivity index (χ1) is 15.5. The highest BCUT2D eigenvalue weighted by molar-refractivity contribution is 7.17. The molecule has 2 aliphatic heterocycles. The molecule has 2 amide bonds. The molecule has 7 nitrogen and oxygen atoms in total. The largest absolute Gasteiger partial charge is 0.454 e. The second-order valence-electron chi connectivity index (χ2n) is 9.09. The summed E-state index contributed by atoms with van der Waals surface area (Å²) in [6.45, 7) is 2.84. The molecular weight excluding hydrogens is 426 g/mol. The molecule has 3 aliphatic rings. The lowest BCUT2D eigenvalue weighted by Crippen LogP contribution is -2.64. The van der Waals surface area contributed by atoms with Crippen molar-refractivity contribution < 1.29 is 19.1 Å². The van der Waals surface area contributed by atoms with E-state index in [1.165, 1.54) is 0 Å². The lowest BCUT2D eigenvalue weighted by Gasteiger charge is -2.44. The number of nitrogens with zero attached hydrogens (tertiary/aromatic N) is 2. The minimum absolute atomic E-state index is 0.0822. The van der Waals surface area contributed by atoms with Gasteiger partial charge in [0.25, 0.3) is 5.91 Å². The number of rotatable bonds is 4. The molecule has 8 heteroatoms. The quantitative estimate of drug-likeness (QED) is 0.653. The van der Waals surface area contributed by atoms with E-state index in [2.05, 4.69) is 5.32 Å². The fourth-order valence-electron chi connectivity index (χ4n) is 5.15. The van der Waals surface area contributed by atoms with Crippen molar-refractivity contribution in [3.63, 3.8) is 0 Å². The van der Waals surface area contributed by atoms with Crippen LogP contribution in [-0.4, -0.2) is 39.7 Å². The highest BCUT2D eigenvalue weighted by atomic mass is 32.1. The van der Waals surface area contributed by atoms with Gasteiger partial charge >= 0.3 is 0 Å². The van der Waals surface area contributed by atoms with E-state index in [0.29, 0.717) is 30.3 Å². The number of carbonyl (C=O) groups is 2. The number of ether oxygens (including phenoxy) is 2. The number of amides is 2. The van der Waals surface area contributed by atoms with Gasteiger partial charge in [0.15, 0.2) is 11.5 Å². The summed E-state index contributed by atoms with van der Waals surface area (Å²) in [5.41, 5.74) is 1.56. The SMILES string of the molecule is C[C@@]1(C(=O)NC2CCCC2)Cn2c(cc3sccc32)C(=O)N1Cc1ccc2c(c1)OCO2. The normalized spacial score (nSPS) is 22.5. The maximum atomic E-state index is 13.8. The summed E-state index contributed by atoms with van der Waals surface area (Å²) in [6.07, 6.45) is 4.28. The van der Waals surface area contributed by atoms with E-state index in [-0.39, 0.29) is 24.6 Å². The van der Waals surface area contributed by atoms with Crippen LogP contribution in [0.5, 0.6) is 11.5 Å². The van der Waals surface area contributed by atoms with Crippen molar-refractivity contribution >= 4 is 33.4 Å². The van der Waals surface area contributed by atoms with Crippen LogP contribution in [0.2, 0.25) is 0 Å². The molecule has 1 aromatic carbocycles. The molecule has 0 bridgehead atoms. The molecular formula is C24H25N3O4S. The molecule has 3 aromatic rings. The van der Waals surface area contributed by atoms with Gasteiger partial charge in [0.1, 0.15) is 11.2 Å². The van der Waals surface area contributed by atoms with Gasteiger partial charge in [0.05, 0.1) is 16.8 Å². The maximum absolute atomic E-state index is 13.8. The molecule has 1 atom stereocenters. The van der Waals surface area contributed by atoms with Gasteiger partial charge in [-0.1, -0.05) is 18.9 Å². The number of fused-ring (bicyclic) bond motifs is 4. The standard InChI is InChI=1S/C24H25N3O4S/c1-24(23(29)25-16-4-2-3-5-16)13-26-17-8-9-32-21(17)11-18(26)22(28)27(24)12-15-6-7-19-20(10-15)31-14-30-19/h6-11,16H,2-5,12-14H2,1H3,(H,25,29)/t24-/m0/s1. The van der Waals surface area contributed by atoms with Gasteiger partial charge in [0.2, 0.25) is 12.7 Å². The molecule has 0 saturated heterocycles. The van der Waals surface area contributed by atoms with E-state index in [9.17, 15) is 9.59 Å². The van der Waals surface area contributed by atoms with Crippen molar-refractivity contribution in [1.82, 2.24) is 14.8 Å². The second-order valence-corrected chi connectivity index (χ2v) is 10.0. The molecule has 1 aliphatic carbocycles. The minimum Gasteiger partial charge on any atom is -0.454 e. The molecule has 4 heterocycles. The summed E-state index contributed by atoms with van der Waals surface area (Å²) in [6, 6.07) is 9.86. The Hall–Kier alpha value is -3.00. The molecule has 0 radical (unpaired) electrons. The Morgan fingerprint density at radius 2 is 2.00 bits per heavy atom. The van der Waals surface area contributed by atoms with Gasteiger partial charge in [-0.25, -0.2) is 0 Å². The lowest BCUT2D eigenvalue weighted by molar-refractivity contribution is -0.133. The number of carbonyl (C=O) groups excluding carboxylic acids is 2. The Morgan fingerprint density at radius 3 is 2.84 bits per heavy atom. The van der Waals surface area contributed by atoms with E-state index < -0.39 is 5.54 Å². The van der Waals surface area contributed by atoms with E-state index >= 15 is 0 Å². The summed E-state index contributed by atoms with van der Waals surface area (Å²) in [5, 5.41) is 5.27. The molecule has 1 N–H and O–H groups in total. The van der Waals surface area contributed by atoms with Crippen LogP contribution in [0.3, 0.4) is 0 Å². The van der Waals surface area contributed by atoms with Crippen LogP contribution >= 0.6 is 11.3 Å². The molecule has 32 heavy (non-hydrogen) atoms. The van der Waals surface area contributed by atoms with Crippen LogP contribution in [0.25, 0.3) is 10.2 Å². The predicted molar refractivity (Wildman–Crippen MR) is 121 cm³/mol. The summed E-state index contributed by atoms with van der Waals surface area (Å²) in [5.74, 6) is 1.17. The molecule has 2 aromatic heterocycles. The molecule has 166 valence electrons. The zero-order valence-corrected chi connectivity index (χ0v) is 18.7. The topological polar surface area (TPSA) is 72.8 Å². The van der Waals surface area contributed by atoms with E-state index in [1.807, 2.05) is 47.2 Å². The van der Waals surface area contributed by atoms with Gasteiger partial charge in [-0.05, 0) is 55.0 Å².